The molecule has 106 valence electrons. The molecule has 4 N–H and O–H groups in total. The van der Waals surface area contributed by atoms with Crippen molar-refractivity contribution in [3.05, 3.63) is 0 Å². The van der Waals surface area contributed by atoms with Crippen LogP contribution in [0, 0.1) is 0 Å². The molecule has 0 bridgehead atoms. The van der Waals surface area contributed by atoms with E-state index in [4.69, 9.17) is 14.6 Å². The molecule has 0 saturated carbocycles. The quantitative estimate of drug-likeness (QED) is 0.368. The van der Waals surface area contributed by atoms with Crippen LogP contribution in [0.5, 0.6) is 0 Å². The number of carbonyl (C=O) groups is 1. The Labute approximate surface area is 152 Å². The fraction of sp³-hybridized carbons (Fsp3) is 0.900. The number of hydrogen-bond acceptors (Lipinski definition) is 8. The number of hydrogen-bond donors (Lipinski definition) is 4. The molecule has 0 amide bonds. The maximum absolute atomic E-state index is 10.3. The monoisotopic (exact) mass is 304 g/mol. The molecule has 1 rings (SSSR count). The summed E-state index contributed by atoms with van der Waals surface area (Å²) in [4.78, 5) is 10.3. The largest absolute Gasteiger partial charge is 1.00 e. The van der Waals surface area contributed by atoms with Crippen LogP contribution >= 0.6 is 0 Å². The summed E-state index contributed by atoms with van der Waals surface area (Å²) in [7, 11) is 0. The summed E-state index contributed by atoms with van der Waals surface area (Å²) in [6.45, 7) is 0.858. The van der Waals surface area contributed by atoms with Crippen molar-refractivity contribution in [2.75, 3.05) is 6.61 Å². The van der Waals surface area contributed by atoms with Gasteiger partial charge < -0.3 is 39.8 Å². The molecule has 8 nitrogen and oxygen atoms in total. The van der Waals surface area contributed by atoms with Crippen molar-refractivity contribution in [2.24, 2.45) is 0 Å². The van der Waals surface area contributed by atoms with Gasteiger partial charge in [-0.25, -0.2) is 0 Å². The van der Waals surface area contributed by atoms with Crippen molar-refractivity contribution < 1.29 is 91.2 Å². The first-order chi connectivity index (χ1) is 8.36. The smallest absolute Gasteiger partial charge is 0.550 e. The van der Waals surface area contributed by atoms with Crippen molar-refractivity contribution in [3.63, 3.8) is 0 Å². The molecule has 6 atom stereocenters. The van der Waals surface area contributed by atoms with Gasteiger partial charge in [0.25, 0.3) is 0 Å². The van der Waals surface area contributed by atoms with Gasteiger partial charge in [0, 0.05) is 12.4 Å². The second kappa shape index (κ2) is 9.00. The van der Waals surface area contributed by atoms with Gasteiger partial charge in [-0.3, -0.25) is 0 Å². The van der Waals surface area contributed by atoms with Gasteiger partial charge in [-0.05, 0) is 6.92 Å². The first-order valence-corrected chi connectivity index (χ1v) is 5.52. The minimum absolute atomic E-state index is 0. The number of rotatable bonds is 5. The molecular weight excluding hydrogens is 287 g/mol. The number of aliphatic hydroxyl groups excluding tert-OH is 4. The van der Waals surface area contributed by atoms with E-state index in [1.807, 2.05) is 0 Å². The molecule has 1 unspecified atom stereocenters. The summed E-state index contributed by atoms with van der Waals surface area (Å²) in [6.07, 6.45) is -8.17. The first-order valence-electron chi connectivity index (χ1n) is 5.52. The third kappa shape index (κ3) is 5.63. The summed E-state index contributed by atoms with van der Waals surface area (Å²) in [5.74, 6) is -1.33. The number of aliphatic hydroxyl groups is 4. The second-order valence-corrected chi connectivity index (χ2v) is 4.22. The molecule has 0 aromatic carbocycles. The van der Waals surface area contributed by atoms with Gasteiger partial charge in [-0.15, -0.1) is 0 Å². The van der Waals surface area contributed by atoms with Crippen LogP contribution in [0.2, 0.25) is 0 Å². The predicted octanol–water partition coefficient (Wildman–Crippen LogP) is -6.66. The van der Waals surface area contributed by atoms with Gasteiger partial charge in [0.1, 0.15) is 24.4 Å². The Hall–Kier alpha value is 0.866. The molecule has 0 aromatic heterocycles. The van der Waals surface area contributed by atoms with E-state index in [0.29, 0.717) is 0 Å². The average molecular weight is 304 g/mol. The summed E-state index contributed by atoms with van der Waals surface area (Å²) in [5, 5.41) is 47.8. The second-order valence-electron chi connectivity index (χ2n) is 4.22. The minimum Gasteiger partial charge on any atom is -0.550 e. The molecule has 0 aromatic rings. The zero-order valence-corrected chi connectivity index (χ0v) is 13.9. The molecule has 0 aliphatic carbocycles. The van der Waals surface area contributed by atoms with Gasteiger partial charge >= 0.3 is 51.4 Å². The fourth-order valence-electron chi connectivity index (χ4n) is 1.69. The molecular formula is C10H17KO8. The number of carbonyl (C=O) groups excluding carboxylic acids is 1. The first kappa shape index (κ1) is 19.9. The SMILES string of the molecule is CC(CC(=O)[O-])O[C@H]1O[C@H](CO)[C@@H](O)[C@H](O)[C@@H]1O.[K+]. The third-order valence-electron chi connectivity index (χ3n) is 2.67. The Kier molecular flexibility index (Phi) is 9.41. The number of ether oxygens (including phenoxy) is 2. The third-order valence-corrected chi connectivity index (χ3v) is 2.67. The van der Waals surface area contributed by atoms with E-state index < -0.39 is 55.8 Å². The maximum Gasteiger partial charge on any atom is 1.00 e. The van der Waals surface area contributed by atoms with Crippen LogP contribution in [-0.2, 0) is 14.3 Å². The molecule has 0 radical (unpaired) electrons. The fourth-order valence-corrected chi connectivity index (χ4v) is 1.69. The molecule has 19 heavy (non-hydrogen) atoms. The van der Waals surface area contributed by atoms with E-state index in [1.54, 1.807) is 0 Å². The van der Waals surface area contributed by atoms with E-state index in [0.717, 1.165) is 0 Å². The van der Waals surface area contributed by atoms with Gasteiger partial charge in [-0.2, -0.15) is 0 Å². The zero-order chi connectivity index (χ0) is 13.9. The van der Waals surface area contributed by atoms with E-state index in [-0.39, 0.29) is 51.4 Å². The average Bonchev–Trinajstić information content (AvgIpc) is 2.29. The van der Waals surface area contributed by atoms with Crippen molar-refractivity contribution >= 4 is 5.97 Å². The van der Waals surface area contributed by atoms with E-state index in [1.165, 1.54) is 6.92 Å². The van der Waals surface area contributed by atoms with Crippen LogP contribution in [-0.4, -0.2) is 69.8 Å². The normalized spacial score (nSPS) is 36.4. The Balaban J connectivity index is 0.00000324. The number of carboxylic acid groups (broad SMARTS) is 1. The molecule has 1 fully saturated rings. The molecule has 1 aliphatic rings. The van der Waals surface area contributed by atoms with Crippen LogP contribution in [0.1, 0.15) is 13.3 Å². The van der Waals surface area contributed by atoms with Crippen molar-refractivity contribution in [1.29, 1.82) is 0 Å². The molecule has 1 aliphatic heterocycles. The Morgan fingerprint density at radius 2 is 1.89 bits per heavy atom. The van der Waals surface area contributed by atoms with Gasteiger partial charge in [0.15, 0.2) is 6.29 Å². The zero-order valence-electron chi connectivity index (χ0n) is 10.8. The standard InChI is InChI=1S/C10H18O8.K/c1-4(2-6(12)13)17-10-9(16)8(15)7(14)5(3-11)18-10;/h4-5,7-11,14-16H,2-3H2,1H3,(H,12,13);/q;+1/p-1/t4?,5-,7-,8+,9+,10+;/m1./s1. The molecule has 9 heteroatoms. The van der Waals surface area contributed by atoms with Crippen LogP contribution in [0.3, 0.4) is 0 Å². The molecule has 1 saturated heterocycles. The number of carboxylic acids is 1. The molecule has 0 spiro atoms. The Morgan fingerprint density at radius 3 is 2.37 bits per heavy atom. The van der Waals surface area contributed by atoms with Crippen LogP contribution in [0.25, 0.3) is 0 Å². The van der Waals surface area contributed by atoms with Crippen molar-refractivity contribution in [1.82, 2.24) is 0 Å². The summed E-state index contributed by atoms with van der Waals surface area (Å²) >= 11 is 0. The van der Waals surface area contributed by atoms with Gasteiger partial charge in [-0.1, -0.05) is 0 Å². The van der Waals surface area contributed by atoms with Crippen LogP contribution < -0.4 is 56.5 Å². The van der Waals surface area contributed by atoms with Crippen molar-refractivity contribution in [3.8, 4) is 0 Å². The van der Waals surface area contributed by atoms with Gasteiger partial charge in [0.05, 0.1) is 12.7 Å². The summed E-state index contributed by atoms with van der Waals surface area (Å²) in [5.41, 5.74) is 0. The predicted molar refractivity (Wildman–Crippen MR) is 53.9 cm³/mol. The summed E-state index contributed by atoms with van der Waals surface area (Å²) < 4.78 is 10.1. The topological polar surface area (TPSA) is 140 Å². The van der Waals surface area contributed by atoms with Crippen LogP contribution in [0.15, 0.2) is 0 Å². The van der Waals surface area contributed by atoms with E-state index in [9.17, 15) is 25.2 Å². The van der Waals surface area contributed by atoms with Crippen LogP contribution in [0.4, 0.5) is 0 Å². The summed E-state index contributed by atoms with van der Waals surface area (Å²) in [6, 6.07) is 0. The van der Waals surface area contributed by atoms with Gasteiger partial charge in [0.2, 0.25) is 0 Å². The minimum atomic E-state index is -1.55. The maximum atomic E-state index is 10.3. The Morgan fingerprint density at radius 1 is 1.32 bits per heavy atom. The van der Waals surface area contributed by atoms with E-state index >= 15 is 0 Å². The van der Waals surface area contributed by atoms with Crippen molar-refractivity contribution in [2.45, 2.75) is 50.2 Å². The van der Waals surface area contributed by atoms with E-state index in [2.05, 4.69) is 0 Å². The number of aliphatic carboxylic acids is 1. The molecule has 1 heterocycles. The Bertz CT molecular complexity index is 287.